The van der Waals surface area contributed by atoms with Gasteiger partial charge in [0.1, 0.15) is 4.88 Å². The fourth-order valence-electron chi connectivity index (χ4n) is 5.31. The lowest BCUT2D eigenvalue weighted by atomic mass is 9.85. The van der Waals surface area contributed by atoms with Crippen LogP contribution in [0, 0.1) is 5.92 Å². The van der Waals surface area contributed by atoms with Crippen LogP contribution in [0.2, 0.25) is 0 Å². The van der Waals surface area contributed by atoms with E-state index in [9.17, 15) is 19.8 Å². The van der Waals surface area contributed by atoms with E-state index in [-0.39, 0.29) is 34.3 Å². The zero-order valence-electron chi connectivity index (χ0n) is 21.3. The minimum absolute atomic E-state index is 0.00457. The number of carboxylic acids is 1. The molecule has 8 heteroatoms. The van der Waals surface area contributed by atoms with Crippen LogP contribution >= 0.6 is 11.3 Å². The van der Waals surface area contributed by atoms with E-state index in [2.05, 4.69) is 33.8 Å². The maximum atomic E-state index is 14.0. The Hall–Kier alpha value is -1.74. The molecule has 194 valence electrons. The van der Waals surface area contributed by atoms with E-state index in [1.165, 1.54) is 16.9 Å². The van der Waals surface area contributed by atoms with Gasteiger partial charge >= 0.3 is 5.97 Å². The molecule has 4 rings (SSSR count). The fraction of sp³-hybridized carbons (Fsp3) is 0.704. The number of rotatable bonds is 6. The summed E-state index contributed by atoms with van der Waals surface area (Å²) >= 11 is 1.26. The number of hydrogen-bond acceptors (Lipinski definition) is 6. The molecule has 0 unspecified atom stereocenters. The topological polar surface area (TPSA) is 96.3 Å². The summed E-state index contributed by atoms with van der Waals surface area (Å²) in [5.41, 5.74) is 1.58. The van der Waals surface area contributed by atoms with Crippen LogP contribution in [-0.4, -0.2) is 53.2 Å². The molecule has 2 atom stereocenters. The molecule has 1 aliphatic heterocycles. The highest BCUT2D eigenvalue weighted by Crippen LogP contribution is 2.43. The average Bonchev–Trinajstić information content (AvgIpc) is 3.46. The van der Waals surface area contributed by atoms with Crippen molar-refractivity contribution in [2.45, 2.75) is 102 Å². The third kappa shape index (κ3) is 5.98. The second-order valence-electron chi connectivity index (χ2n) is 11.4. The Bertz CT molecular complexity index is 963. The number of ether oxygens (including phenoxy) is 2. The molecule has 1 aromatic rings. The Kier molecular flexibility index (Phi) is 7.77. The number of carboxylic acid groups (broad SMARTS) is 1. The number of carbonyl (C=O) groups is 2. The summed E-state index contributed by atoms with van der Waals surface area (Å²) in [6.07, 6.45) is 7.06. The molecular weight excluding hydrogens is 466 g/mol. The van der Waals surface area contributed by atoms with Crippen molar-refractivity contribution < 1.29 is 29.3 Å². The van der Waals surface area contributed by atoms with Crippen molar-refractivity contribution in [2.24, 2.45) is 5.92 Å². The number of carbonyl (C=O) groups excluding carboxylic acids is 1. The van der Waals surface area contributed by atoms with E-state index >= 15 is 0 Å². The van der Waals surface area contributed by atoms with Crippen LogP contribution in [-0.2, 0) is 19.7 Å². The lowest BCUT2D eigenvalue weighted by Crippen LogP contribution is -2.50. The van der Waals surface area contributed by atoms with Gasteiger partial charge in [0.2, 0.25) is 5.91 Å². The van der Waals surface area contributed by atoms with Crippen molar-refractivity contribution in [3.63, 3.8) is 0 Å². The van der Waals surface area contributed by atoms with Gasteiger partial charge in [-0.3, -0.25) is 4.79 Å². The summed E-state index contributed by atoms with van der Waals surface area (Å²) in [5.74, 6) is -2.40. The van der Waals surface area contributed by atoms with Crippen LogP contribution in [0.3, 0.4) is 0 Å². The number of aliphatic hydroxyl groups is 1. The highest BCUT2D eigenvalue weighted by molar-refractivity contribution is 7.14. The summed E-state index contributed by atoms with van der Waals surface area (Å²) in [7, 11) is 0. The molecule has 3 aliphatic rings. The molecule has 2 N–H and O–H groups in total. The monoisotopic (exact) mass is 505 g/mol. The highest BCUT2D eigenvalue weighted by Gasteiger charge is 2.42. The predicted molar refractivity (Wildman–Crippen MR) is 136 cm³/mol. The maximum absolute atomic E-state index is 14.0. The lowest BCUT2D eigenvalue weighted by Gasteiger charge is -2.42. The van der Waals surface area contributed by atoms with Crippen LogP contribution in [0.25, 0.3) is 0 Å². The van der Waals surface area contributed by atoms with Crippen LogP contribution < -0.4 is 4.90 Å². The molecule has 0 spiro atoms. The van der Waals surface area contributed by atoms with Gasteiger partial charge in [-0.25, -0.2) is 4.79 Å². The zero-order valence-corrected chi connectivity index (χ0v) is 22.2. The summed E-state index contributed by atoms with van der Waals surface area (Å²) in [5, 5.41) is 21.1. The largest absolute Gasteiger partial charge is 0.477 e. The summed E-state index contributed by atoms with van der Waals surface area (Å²) in [4.78, 5) is 29.2. The van der Waals surface area contributed by atoms with Gasteiger partial charge in [-0.2, -0.15) is 0 Å². The second kappa shape index (κ2) is 10.3. The number of thiophene rings is 1. The molecule has 2 aliphatic carbocycles. The molecule has 2 fully saturated rings. The number of anilines is 1. The van der Waals surface area contributed by atoms with Crippen LogP contribution in [0.1, 0.15) is 93.6 Å². The molecule has 1 aromatic heterocycles. The SMILES string of the molecule is CC1=CC[C@@H](C(=O)N(c2cc(C(C)(C)C)sc2C(=O)O)C2CCC(O)(O[C@H]3CCOC3)CC2)CC1. The Morgan fingerprint density at radius 1 is 1.20 bits per heavy atom. The number of aromatic carboxylic acids is 1. The molecular formula is C27H39NO6S. The quantitative estimate of drug-likeness (QED) is 0.404. The van der Waals surface area contributed by atoms with Crippen molar-refractivity contribution in [2.75, 3.05) is 18.1 Å². The summed E-state index contributed by atoms with van der Waals surface area (Å²) < 4.78 is 11.4. The molecule has 2 heterocycles. The third-order valence-corrected chi connectivity index (χ3v) is 9.04. The number of nitrogens with zero attached hydrogens (tertiary/aromatic N) is 1. The molecule has 7 nitrogen and oxygen atoms in total. The van der Waals surface area contributed by atoms with Crippen LogP contribution in [0.5, 0.6) is 0 Å². The van der Waals surface area contributed by atoms with Gasteiger partial charge in [0.05, 0.1) is 18.4 Å². The molecule has 1 saturated carbocycles. The number of amides is 1. The first kappa shape index (κ1) is 26.3. The first-order valence-corrected chi connectivity index (χ1v) is 13.6. The Morgan fingerprint density at radius 2 is 1.91 bits per heavy atom. The predicted octanol–water partition coefficient (Wildman–Crippen LogP) is 5.26. The molecule has 1 saturated heterocycles. The van der Waals surface area contributed by atoms with Gasteiger partial charge in [-0.1, -0.05) is 32.4 Å². The Labute approximate surface area is 212 Å². The van der Waals surface area contributed by atoms with Crippen molar-refractivity contribution in [1.82, 2.24) is 0 Å². The van der Waals surface area contributed by atoms with Gasteiger partial charge in [-0.15, -0.1) is 11.3 Å². The standard InChI is InChI=1S/C27H39NO6S/c1-17-5-7-18(8-6-17)24(29)28(21-15-22(26(2,3)4)35-23(21)25(30)31)19-9-12-27(32,13-10-19)34-20-11-14-33-16-20/h5,15,18-20,32H,6-14,16H2,1-4H3,(H,30,31)/t18-,19?,20+,27?/m1/s1. The van der Waals surface area contributed by atoms with Gasteiger partial charge in [0.25, 0.3) is 0 Å². The van der Waals surface area contributed by atoms with E-state index < -0.39 is 11.8 Å². The highest BCUT2D eigenvalue weighted by atomic mass is 32.1. The van der Waals surface area contributed by atoms with Gasteiger partial charge in [0, 0.05) is 36.3 Å². The molecule has 0 bridgehead atoms. The molecule has 0 radical (unpaired) electrons. The third-order valence-electron chi connectivity index (χ3n) is 7.51. The molecule has 0 aromatic carbocycles. The maximum Gasteiger partial charge on any atom is 0.348 e. The van der Waals surface area contributed by atoms with E-state index in [1.54, 1.807) is 4.90 Å². The summed E-state index contributed by atoms with van der Waals surface area (Å²) in [6, 6.07) is 1.72. The van der Waals surface area contributed by atoms with E-state index in [0.29, 0.717) is 51.0 Å². The number of hydrogen-bond donors (Lipinski definition) is 2. The molecule has 35 heavy (non-hydrogen) atoms. The second-order valence-corrected chi connectivity index (χ2v) is 12.4. The zero-order chi connectivity index (χ0) is 25.4. The van der Waals surface area contributed by atoms with Crippen molar-refractivity contribution in [1.29, 1.82) is 0 Å². The molecule has 1 amide bonds. The van der Waals surface area contributed by atoms with Crippen LogP contribution in [0.4, 0.5) is 5.69 Å². The lowest BCUT2D eigenvalue weighted by molar-refractivity contribution is -0.245. The fourth-order valence-corrected chi connectivity index (χ4v) is 6.36. The van der Waals surface area contributed by atoms with Crippen LogP contribution in [0.15, 0.2) is 17.7 Å². The van der Waals surface area contributed by atoms with E-state index in [4.69, 9.17) is 9.47 Å². The van der Waals surface area contributed by atoms with Gasteiger partial charge in [-0.05, 0) is 56.9 Å². The smallest absolute Gasteiger partial charge is 0.348 e. The van der Waals surface area contributed by atoms with Gasteiger partial charge < -0.3 is 24.6 Å². The van der Waals surface area contributed by atoms with Crippen molar-refractivity contribution >= 4 is 28.9 Å². The number of allylic oxidation sites excluding steroid dienone is 2. The van der Waals surface area contributed by atoms with Gasteiger partial charge in [0.15, 0.2) is 5.79 Å². The Balaban J connectivity index is 1.62. The van der Waals surface area contributed by atoms with E-state index in [1.807, 2.05) is 6.07 Å². The Morgan fingerprint density at radius 3 is 2.46 bits per heavy atom. The normalized spacial score (nSPS) is 29.6. The minimum atomic E-state index is -1.23. The minimum Gasteiger partial charge on any atom is -0.477 e. The summed E-state index contributed by atoms with van der Waals surface area (Å²) in [6.45, 7) is 9.40. The first-order valence-electron chi connectivity index (χ1n) is 12.8. The average molecular weight is 506 g/mol. The van der Waals surface area contributed by atoms with E-state index in [0.717, 1.165) is 24.1 Å². The van der Waals surface area contributed by atoms with Crippen molar-refractivity contribution in [3.05, 3.63) is 27.5 Å². The van der Waals surface area contributed by atoms with Crippen molar-refractivity contribution in [3.8, 4) is 0 Å². The first-order chi connectivity index (χ1) is 16.5.